The second kappa shape index (κ2) is 4.43. The average molecular weight is 259 g/mol. The Bertz CT molecular complexity index is 475. The van der Waals surface area contributed by atoms with E-state index in [1.165, 1.54) is 30.5 Å². The van der Waals surface area contributed by atoms with Gasteiger partial charge >= 0.3 is 0 Å². The molecule has 2 nitrogen and oxygen atoms in total. The second-order valence-electron chi connectivity index (χ2n) is 7.23. The predicted molar refractivity (Wildman–Crippen MR) is 79.8 cm³/mol. The number of hydrogen-bond donors (Lipinski definition) is 1. The summed E-state index contributed by atoms with van der Waals surface area (Å²) < 4.78 is 6.22. The summed E-state index contributed by atoms with van der Waals surface area (Å²) in [6.45, 7) is 9.24. The number of benzene rings is 1. The maximum Gasteiger partial charge on any atom is 0.143 e. The van der Waals surface area contributed by atoms with Gasteiger partial charge in [-0.1, -0.05) is 32.9 Å². The van der Waals surface area contributed by atoms with E-state index in [4.69, 9.17) is 4.74 Å². The topological polar surface area (TPSA) is 21.3 Å². The summed E-state index contributed by atoms with van der Waals surface area (Å²) in [6, 6.07) is 6.80. The number of ether oxygens (including phenoxy) is 1. The van der Waals surface area contributed by atoms with Crippen molar-refractivity contribution >= 4 is 5.69 Å². The Labute approximate surface area is 116 Å². The van der Waals surface area contributed by atoms with Crippen LogP contribution in [0.5, 0.6) is 5.75 Å². The summed E-state index contributed by atoms with van der Waals surface area (Å²) in [6.07, 6.45) is 4.04. The highest BCUT2D eigenvalue weighted by atomic mass is 16.5. The van der Waals surface area contributed by atoms with E-state index in [-0.39, 0.29) is 0 Å². The largest absolute Gasteiger partial charge is 0.486 e. The van der Waals surface area contributed by atoms with Crippen molar-refractivity contribution in [2.45, 2.75) is 59.1 Å². The van der Waals surface area contributed by atoms with E-state index in [0.717, 1.165) is 11.7 Å². The monoisotopic (exact) mass is 259 g/mol. The molecule has 2 heteroatoms. The minimum atomic E-state index is 0.355. The molecule has 0 radical (unpaired) electrons. The maximum atomic E-state index is 6.22. The lowest BCUT2D eigenvalue weighted by Gasteiger charge is -2.45. The van der Waals surface area contributed by atoms with E-state index in [1.54, 1.807) is 0 Å². The molecule has 1 heterocycles. The second-order valence-corrected chi connectivity index (χ2v) is 7.23. The lowest BCUT2D eigenvalue weighted by atomic mass is 9.70. The Hall–Kier alpha value is -1.18. The highest BCUT2D eigenvalue weighted by Crippen LogP contribution is 2.43. The van der Waals surface area contributed by atoms with Crippen LogP contribution in [0, 0.1) is 18.3 Å². The Morgan fingerprint density at radius 2 is 2.00 bits per heavy atom. The summed E-state index contributed by atoms with van der Waals surface area (Å²) in [5, 5.41) is 3.74. The van der Waals surface area contributed by atoms with Crippen LogP contribution < -0.4 is 10.1 Å². The molecule has 1 fully saturated rings. The van der Waals surface area contributed by atoms with E-state index >= 15 is 0 Å². The van der Waals surface area contributed by atoms with Crippen molar-refractivity contribution in [1.82, 2.24) is 0 Å². The van der Waals surface area contributed by atoms with Crippen LogP contribution in [-0.4, -0.2) is 12.1 Å². The molecule has 1 aromatic rings. The fourth-order valence-electron chi connectivity index (χ4n) is 3.49. The quantitative estimate of drug-likeness (QED) is 0.746. The highest BCUT2D eigenvalue weighted by molar-refractivity contribution is 5.63. The molecule has 3 rings (SSSR count). The molecule has 0 aromatic heterocycles. The molecule has 0 amide bonds. The van der Waals surface area contributed by atoms with Crippen molar-refractivity contribution in [3.05, 3.63) is 23.8 Å². The molecular formula is C17H25NO. The van der Waals surface area contributed by atoms with E-state index in [0.29, 0.717) is 17.6 Å². The third-order valence-electron chi connectivity index (χ3n) is 4.85. The molecule has 1 aliphatic carbocycles. The van der Waals surface area contributed by atoms with Crippen LogP contribution in [0.4, 0.5) is 5.69 Å². The average Bonchev–Trinajstić information content (AvgIpc) is 2.35. The summed E-state index contributed by atoms with van der Waals surface area (Å²) in [5.74, 6) is 1.82. The first-order chi connectivity index (χ1) is 8.95. The SMILES string of the molecule is Cc1cccc2c1NC1CC(C(C)(C)C)CCC1O2. The van der Waals surface area contributed by atoms with Gasteiger partial charge in [0.1, 0.15) is 11.9 Å². The zero-order valence-electron chi connectivity index (χ0n) is 12.5. The van der Waals surface area contributed by atoms with Gasteiger partial charge < -0.3 is 10.1 Å². The third kappa shape index (κ3) is 2.33. The molecule has 3 atom stereocenters. The number of rotatable bonds is 0. The van der Waals surface area contributed by atoms with Crippen molar-refractivity contribution in [1.29, 1.82) is 0 Å². The molecular weight excluding hydrogens is 234 g/mol. The van der Waals surface area contributed by atoms with Gasteiger partial charge in [0.25, 0.3) is 0 Å². The van der Waals surface area contributed by atoms with Crippen LogP contribution in [0.1, 0.15) is 45.6 Å². The van der Waals surface area contributed by atoms with Gasteiger partial charge in [0.05, 0.1) is 11.7 Å². The molecule has 1 aliphatic heterocycles. The van der Waals surface area contributed by atoms with Crippen LogP contribution in [-0.2, 0) is 0 Å². The van der Waals surface area contributed by atoms with Gasteiger partial charge in [-0.15, -0.1) is 0 Å². The number of para-hydroxylation sites is 1. The zero-order valence-corrected chi connectivity index (χ0v) is 12.5. The number of anilines is 1. The van der Waals surface area contributed by atoms with Gasteiger partial charge in [0.15, 0.2) is 0 Å². The summed E-state index contributed by atoms with van der Waals surface area (Å²) in [7, 11) is 0. The minimum absolute atomic E-state index is 0.355. The van der Waals surface area contributed by atoms with E-state index in [1.807, 2.05) is 0 Å². The van der Waals surface area contributed by atoms with Crippen molar-refractivity contribution in [2.24, 2.45) is 11.3 Å². The molecule has 3 unspecified atom stereocenters. The van der Waals surface area contributed by atoms with Crippen molar-refractivity contribution in [2.75, 3.05) is 5.32 Å². The molecule has 1 aromatic carbocycles. The third-order valence-corrected chi connectivity index (χ3v) is 4.85. The van der Waals surface area contributed by atoms with E-state index < -0.39 is 0 Å². The first kappa shape index (κ1) is 12.8. The standard InChI is InChI=1S/C17H25NO/c1-11-6-5-7-15-16(11)18-13-10-12(17(2,3)4)8-9-14(13)19-15/h5-7,12-14,18H,8-10H2,1-4H3. The lowest BCUT2D eigenvalue weighted by Crippen LogP contribution is -2.47. The molecule has 2 aliphatic rings. The molecule has 19 heavy (non-hydrogen) atoms. The zero-order chi connectivity index (χ0) is 13.6. The lowest BCUT2D eigenvalue weighted by molar-refractivity contribution is 0.0699. The van der Waals surface area contributed by atoms with Crippen molar-refractivity contribution in [3.63, 3.8) is 0 Å². The predicted octanol–water partition coefficient (Wildman–Crippen LogP) is 4.38. The van der Waals surface area contributed by atoms with Gasteiger partial charge in [0, 0.05) is 0 Å². The van der Waals surface area contributed by atoms with Crippen LogP contribution in [0.25, 0.3) is 0 Å². The van der Waals surface area contributed by atoms with E-state index in [9.17, 15) is 0 Å². The molecule has 104 valence electrons. The minimum Gasteiger partial charge on any atom is -0.486 e. The van der Waals surface area contributed by atoms with E-state index in [2.05, 4.69) is 51.2 Å². The number of aryl methyl sites for hydroxylation is 1. The smallest absolute Gasteiger partial charge is 0.143 e. The molecule has 1 saturated carbocycles. The first-order valence-electron chi connectivity index (χ1n) is 7.48. The van der Waals surface area contributed by atoms with Gasteiger partial charge in [-0.05, 0) is 49.1 Å². The van der Waals surface area contributed by atoms with Gasteiger partial charge in [0.2, 0.25) is 0 Å². The van der Waals surface area contributed by atoms with Crippen LogP contribution >= 0.6 is 0 Å². The first-order valence-corrected chi connectivity index (χ1v) is 7.48. The fraction of sp³-hybridized carbons (Fsp3) is 0.647. The van der Waals surface area contributed by atoms with Crippen molar-refractivity contribution in [3.8, 4) is 5.75 Å². The van der Waals surface area contributed by atoms with Gasteiger partial charge in [-0.3, -0.25) is 0 Å². The Morgan fingerprint density at radius 3 is 2.74 bits per heavy atom. The molecule has 0 spiro atoms. The van der Waals surface area contributed by atoms with Gasteiger partial charge in [-0.25, -0.2) is 0 Å². The van der Waals surface area contributed by atoms with Crippen LogP contribution in [0.15, 0.2) is 18.2 Å². The molecule has 0 saturated heterocycles. The molecule has 0 bridgehead atoms. The molecule has 1 N–H and O–H groups in total. The highest BCUT2D eigenvalue weighted by Gasteiger charge is 2.39. The Morgan fingerprint density at radius 1 is 1.21 bits per heavy atom. The Balaban J connectivity index is 1.83. The summed E-state index contributed by atoms with van der Waals surface area (Å²) in [4.78, 5) is 0. The van der Waals surface area contributed by atoms with Gasteiger partial charge in [-0.2, -0.15) is 0 Å². The Kier molecular flexibility index (Phi) is 2.99. The van der Waals surface area contributed by atoms with Crippen LogP contribution in [0.3, 0.4) is 0 Å². The number of fused-ring (bicyclic) bond motifs is 2. The number of hydrogen-bond acceptors (Lipinski definition) is 2. The van der Waals surface area contributed by atoms with Crippen LogP contribution in [0.2, 0.25) is 0 Å². The normalized spacial score (nSPS) is 29.8. The maximum absolute atomic E-state index is 6.22. The number of nitrogens with one attached hydrogen (secondary N) is 1. The fourth-order valence-corrected chi connectivity index (χ4v) is 3.49. The summed E-state index contributed by atoms with van der Waals surface area (Å²) in [5.41, 5.74) is 2.89. The van der Waals surface area contributed by atoms with Crippen molar-refractivity contribution < 1.29 is 4.74 Å². The summed E-state index contributed by atoms with van der Waals surface area (Å²) >= 11 is 0.